The van der Waals surface area contributed by atoms with E-state index in [-0.39, 0.29) is 31.1 Å². The molecule has 0 aliphatic carbocycles. The van der Waals surface area contributed by atoms with Crippen LogP contribution in [-0.4, -0.2) is 57.3 Å². The molecule has 10 nitrogen and oxygen atoms in total. The third kappa shape index (κ3) is 6.60. The Hall–Kier alpha value is -4.29. The average molecular weight is 481 g/mol. The Bertz CT molecular complexity index is 1120. The Morgan fingerprint density at radius 3 is 2.56 bits per heavy atom. The van der Waals surface area contributed by atoms with E-state index in [9.17, 15) is 32.7 Å². The van der Waals surface area contributed by atoms with Crippen molar-refractivity contribution in [3.63, 3.8) is 0 Å². The number of nitrogens with zero attached hydrogens (tertiary/aromatic N) is 2. The SMILES string of the molecule is O=C(O)CNC(=O)C1=C(O)CCN(Cc2ccc(Oc3cccc(OC(F)(F)F)c3)nc2)C1=O. The molecule has 0 spiro atoms. The largest absolute Gasteiger partial charge is 0.573 e. The Balaban J connectivity index is 1.64. The van der Waals surface area contributed by atoms with E-state index in [1.165, 1.54) is 29.3 Å². The van der Waals surface area contributed by atoms with Gasteiger partial charge in [0.25, 0.3) is 11.8 Å². The van der Waals surface area contributed by atoms with Crippen molar-refractivity contribution in [2.24, 2.45) is 0 Å². The second kappa shape index (κ2) is 10.1. The number of aliphatic hydroxyl groups is 1. The van der Waals surface area contributed by atoms with Gasteiger partial charge < -0.3 is 29.9 Å². The minimum Gasteiger partial charge on any atom is -0.511 e. The molecule has 3 rings (SSSR count). The van der Waals surface area contributed by atoms with Crippen LogP contribution in [0, 0.1) is 0 Å². The summed E-state index contributed by atoms with van der Waals surface area (Å²) >= 11 is 0. The lowest BCUT2D eigenvalue weighted by atomic mass is 10.1. The fraction of sp³-hybridized carbons (Fsp3) is 0.238. The van der Waals surface area contributed by atoms with Crippen LogP contribution in [0.2, 0.25) is 0 Å². The monoisotopic (exact) mass is 481 g/mol. The van der Waals surface area contributed by atoms with Crippen LogP contribution >= 0.6 is 0 Å². The summed E-state index contributed by atoms with van der Waals surface area (Å²) in [6.45, 7) is -0.561. The number of halogens is 3. The number of alkyl halides is 3. The molecule has 0 saturated heterocycles. The number of carboxylic acid groups (broad SMARTS) is 1. The van der Waals surface area contributed by atoms with Gasteiger partial charge in [-0.25, -0.2) is 4.98 Å². The van der Waals surface area contributed by atoms with Crippen molar-refractivity contribution in [3.05, 3.63) is 59.5 Å². The van der Waals surface area contributed by atoms with Crippen LogP contribution in [-0.2, 0) is 20.9 Å². The molecule has 2 aromatic rings. The molecule has 0 radical (unpaired) electrons. The van der Waals surface area contributed by atoms with E-state index < -0.39 is 47.8 Å². The van der Waals surface area contributed by atoms with E-state index in [0.717, 1.165) is 12.1 Å². The number of hydrogen-bond donors (Lipinski definition) is 3. The van der Waals surface area contributed by atoms with Crippen LogP contribution in [0.4, 0.5) is 13.2 Å². The maximum absolute atomic E-state index is 12.6. The van der Waals surface area contributed by atoms with Gasteiger partial charge in [-0.15, -0.1) is 13.2 Å². The van der Waals surface area contributed by atoms with Gasteiger partial charge in [0.15, 0.2) is 0 Å². The molecule has 1 aromatic heterocycles. The quantitative estimate of drug-likeness (QED) is 0.489. The summed E-state index contributed by atoms with van der Waals surface area (Å²) in [7, 11) is 0. The second-order valence-corrected chi connectivity index (χ2v) is 7.00. The number of amides is 2. The Morgan fingerprint density at radius 2 is 1.91 bits per heavy atom. The molecule has 0 atom stereocenters. The minimum absolute atomic E-state index is 0.00647. The van der Waals surface area contributed by atoms with Gasteiger partial charge in [-0.2, -0.15) is 0 Å². The first-order valence-corrected chi connectivity index (χ1v) is 9.72. The normalized spacial score (nSPS) is 14.1. The molecule has 0 bridgehead atoms. The van der Waals surface area contributed by atoms with Crippen LogP contribution in [0.5, 0.6) is 17.4 Å². The summed E-state index contributed by atoms with van der Waals surface area (Å²) in [6.07, 6.45) is -3.46. The van der Waals surface area contributed by atoms with Crippen molar-refractivity contribution in [1.29, 1.82) is 0 Å². The number of aromatic nitrogens is 1. The lowest BCUT2D eigenvalue weighted by Gasteiger charge is -2.28. The summed E-state index contributed by atoms with van der Waals surface area (Å²) in [4.78, 5) is 40.7. The van der Waals surface area contributed by atoms with Gasteiger partial charge in [-0.1, -0.05) is 12.1 Å². The van der Waals surface area contributed by atoms with E-state index in [2.05, 4.69) is 9.72 Å². The first-order valence-electron chi connectivity index (χ1n) is 9.72. The van der Waals surface area contributed by atoms with E-state index >= 15 is 0 Å². The zero-order chi connectivity index (χ0) is 24.9. The molecule has 1 aliphatic rings. The van der Waals surface area contributed by atoms with Crippen molar-refractivity contribution >= 4 is 17.8 Å². The zero-order valence-corrected chi connectivity index (χ0v) is 17.3. The minimum atomic E-state index is -4.84. The van der Waals surface area contributed by atoms with E-state index in [1.54, 1.807) is 6.07 Å². The number of ether oxygens (including phenoxy) is 2. The summed E-state index contributed by atoms with van der Waals surface area (Å²) in [5.41, 5.74) is 0.0166. The van der Waals surface area contributed by atoms with Crippen molar-refractivity contribution < 1.29 is 47.2 Å². The predicted octanol–water partition coefficient (Wildman–Crippen LogP) is 2.52. The smallest absolute Gasteiger partial charge is 0.511 e. The maximum Gasteiger partial charge on any atom is 0.573 e. The molecule has 180 valence electrons. The van der Waals surface area contributed by atoms with Gasteiger partial charge in [-0.3, -0.25) is 14.4 Å². The molecule has 3 N–H and O–H groups in total. The van der Waals surface area contributed by atoms with Gasteiger partial charge in [-0.05, 0) is 17.7 Å². The first kappa shape index (κ1) is 24.4. The molecule has 1 aromatic carbocycles. The summed E-state index contributed by atoms with van der Waals surface area (Å²) in [5.74, 6) is -3.81. The van der Waals surface area contributed by atoms with Crippen molar-refractivity contribution in [2.45, 2.75) is 19.3 Å². The fourth-order valence-electron chi connectivity index (χ4n) is 3.01. The Labute approximate surface area is 190 Å². The van der Waals surface area contributed by atoms with Crippen LogP contribution in [0.25, 0.3) is 0 Å². The third-order valence-corrected chi connectivity index (χ3v) is 4.47. The van der Waals surface area contributed by atoms with E-state index in [0.29, 0.717) is 5.56 Å². The molecule has 2 amide bonds. The third-order valence-electron chi connectivity index (χ3n) is 4.47. The van der Waals surface area contributed by atoms with Crippen molar-refractivity contribution in [2.75, 3.05) is 13.1 Å². The number of carbonyl (C=O) groups excluding carboxylic acids is 2. The molecule has 13 heteroatoms. The average Bonchev–Trinajstić information content (AvgIpc) is 2.75. The lowest BCUT2D eigenvalue weighted by molar-refractivity contribution is -0.274. The van der Waals surface area contributed by atoms with Crippen LogP contribution in [0.3, 0.4) is 0 Å². The molecule has 0 unspecified atom stereocenters. The standard InChI is InChI=1S/C21H18F3N3O7/c22-21(23,24)34-14-3-1-2-13(8-14)33-16-5-4-12(9-25-16)11-27-7-6-15(28)18(20(27)32)19(31)26-10-17(29)30/h1-5,8-9,28H,6-7,10-11H2,(H,26,31)(H,29,30). The number of pyridine rings is 1. The van der Waals surface area contributed by atoms with Gasteiger partial charge in [0.05, 0.1) is 0 Å². The second-order valence-electron chi connectivity index (χ2n) is 7.00. The van der Waals surface area contributed by atoms with Gasteiger partial charge in [0.2, 0.25) is 5.88 Å². The molecular weight excluding hydrogens is 463 g/mol. The van der Waals surface area contributed by atoms with E-state index in [1.807, 2.05) is 5.32 Å². The molecule has 0 saturated carbocycles. The summed E-state index contributed by atoms with van der Waals surface area (Å²) in [6, 6.07) is 7.91. The summed E-state index contributed by atoms with van der Waals surface area (Å²) < 4.78 is 46.3. The fourth-order valence-corrected chi connectivity index (χ4v) is 3.01. The molecule has 1 aliphatic heterocycles. The maximum atomic E-state index is 12.6. The summed E-state index contributed by atoms with van der Waals surface area (Å²) in [5, 5.41) is 20.6. The number of benzene rings is 1. The highest BCUT2D eigenvalue weighted by Crippen LogP contribution is 2.28. The van der Waals surface area contributed by atoms with Gasteiger partial charge in [0, 0.05) is 37.8 Å². The van der Waals surface area contributed by atoms with E-state index in [4.69, 9.17) is 9.84 Å². The number of aliphatic carboxylic acids is 1. The first-order chi connectivity index (χ1) is 16.0. The van der Waals surface area contributed by atoms with Crippen LogP contribution in [0.1, 0.15) is 12.0 Å². The number of aliphatic hydroxyl groups excluding tert-OH is 1. The number of rotatable bonds is 8. The van der Waals surface area contributed by atoms with Crippen LogP contribution in [0.15, 0.2) is 53.9 Å². The topological polar surface area (TPSA) is 138 Å². The van der Waals surface area contributed by atoms with Gasteiger partial charge in [0.1, 0.15) is 29.4 Å². The van der Waals surface area contributed by atoms with Crippen LogP contribution < -0.4 is 14.8 Å². The predicted molar refractivity (Wildman–Crippen MR) is 108 cm³/mol. The molecule has 2 heterocycles. The Kier molecular flexibility index (Phi) is 7.24. The number of nitrogens with one attached hydrogen (secondary N) is 1. The molecular formula is C21H18F3N3O7. The number of carbonyl (C=O) groups is 3. The number of carboxylic acids is 1. The highest BCUT2D eigenvalue weighted by molar-refractivity contribution is 6.19. The highest BCUT2D eigenvalue weighted by atomic mass is 19.4. The van der Waals surface area contributed by atoms with Crippen molar-refractivity contribution in [1.82, 2.24) is 15.2 Å². The molecule has 34 heavy (non-hydrogen) atoms. The molecule has 0 fully saturated rings. The number of hydrogen-bond acceptors (Lipinski definition) is 7. The van der Waals surface area contributed by atoms with Gasteiger partial charge >= 0.3 is 12.3 Å². The zero-order valence-electron chi connectivity index (χ0n) is 17.3. The Morgan fingerprint density at radius 1 is 1.18 bits per heavy atom. The lowest BCUT2D eigenvalue weighted by Crippen LogP contribution is -2.43. The van der Waals surface area contributed by atoms with Crippen molar-refractivity contribution in [3.8, 4) is 17.4 Å². The highest BCUT2D eigenvalue weighted by Gasteiger charge is 2.32.